The lowest BCUT2D eigenvalue weighted by Crippen LogP contribution is -2.37. The lowest BCUT2D eigenvalue weighted by atomic mass is 10.1. The first-order valence-corrected chi connectivity index (χ1v) is 7.85. The summed E-state index contributed by atoms with van der Waals surface area (Å²) in [4.78, 5) is 2.51. The van der Waals surface area contributed by atoms with Gasteiger partial charge in [-0.05, 0) is 56.1 Å². The van der Waals surface area contributed by atoms with Gasteiger partial charge in [0.15, 0.2) is 0 Å². The summed E-state index contributed by atoms with van der Waals surface area (Å²) in [5.41, 5.74) is 1.14. The number of hydrogen-bond donors (Lipinski definition) is 1. The minimum absolute atomic E-state index is 0.626. The van der Waals surface area contributed by atoms with E-state index in [4.69, 9.17) is 23.2 Å². The van der Waals surface area contributed by atoms with Crippen molar-refractivity contribution in [3.8, 4) is 0 Å². The molecule has 0 spiro atoms. The topological polar surface area (TPSA) is 15.3 Å². The minimum atomic E-state index is 0.626. The van der Waals surface area contributed by atoms with Crippen LogP contribution in [0.4, 0.5) is 0 Å². The van der Waals surface area contributed by atoms with E-state index in [2.05, 4.69) is 17.1 Å². The number of halogens is 2. The zero-order valence-electron chi connectivity index (χ0n) is 11.5. The van der Waals surface area contributed by atoms with Crippen LogP contribution >= 0.6 is 23.2 Å². The van der Waals surface area contributed by atoms with Gasteiger partial charge >= 0.3 is 0 Å². The predicted molar refractivity (Wildman–Crippen MR) is 83.1 cm³/mol. The fraction of sp³-hybridized carbons (Fsp3) is 0.600. The van der Waals surface area contributed by atoms with Gasteiger partial charge in [-0.1, -0.05) is 30.1 Å². The van der Waals surface area contributed by atoms with Gasteiger partial charge in [-0.2, -0.15) is 0 Å². The van der Waals surface area contributed by atoms with E-state index < -0.39 is 0 Å². The predicted octanol–water partition coefficient (Wildman–Crippen LogP) is 3.96. The minimum Gasteiger partial charge on any atom is -0.315 e. The summed E-state index contributed by atoms with van der Waals surface area (Å²) < 4.78 is 0. The SMILES string of the molecule is CCCNCC1CCCN1Cc1cc(Cl)ccc1Cl. The van der Waals surface area contributed by atoms with Gasteiger partial charge in [0, 0.05) is 29.2 Å². The number of likely N-dealkylation sites (tertiary alicyclic amines) is 1. The molecule has 1 saturated heterocycles. The Morgan fingerprint density at radius 3 is 3.00 bits per heavy atom. The smallest absolute Gasteiger partial charge is 0.0452 e. The molecule has 1 aliphatic heterocycles. The van der Waals surface area contributed by atoms with Crippen LogP contribution in [0.3, 0.4) is 0 Å². The first kappa shape index (κ1) is 15.1. The third-order valence-electron chi connectivity index (χ3n) is 3.69. The van der Waals surface area contributed by atoms with Crippen molar-refractivity contribution in [2.45, 2.75) is 38.8 Å². The lowest BCUT2D eigenvalue weighted by molar-refractivity contribution is 0.239. The largest absolute Gasteiger partial charge is 0.315 e. The van der Waals surface area contributed by atoms with Crippen molar-refractivity contribution in [1.29, 1.82) is 0 Å². The van der Waals surface area contributed by atoms with Crippen LogP contribution in [-0.4, -0.2) is 30.6 Å². The number of benzene rings is 1. The molecule has 1 atom stereocenters. The van der Waals surface area contributed by atoms with Gasteiger partial charge < -0.3 is 5.32 Å². The molecule has 0 radical (unpaired) electrons. The molecule has 19 heavy (non-hydrogen) atoms. The number of nitrogens with zero attached hydrogens (tertiary/aromatic N) is 1. The van der Waals surface area contributed by atoms with E-state index in [1.54, 1.807) is 0 Å². The van der Waals surface area contributed by atoms with Crippen molar-refractivity contribution >= 4 is 23.2 Å². The Bertz CT molecular complexity index is 409. The van der Waals surface area contributed by atoms with E-state index in [1.807, 2.05) is 18.2 Å². The molecule has 2 nitrogen and oxygen atoms in total. The Morgan fingerprint density at radius 1 is 1.37 bits per heavy atom. The lowest BCUT2D eigenvalue weighted by Gasteiger charge is -2.25. The fourth-order valence-corrected chi connectivity index (χ4v) is 3.04. The van der Waals surface area contributed by atoms with E-state index >= 15 is 0 Å². The quantitative estimate of drug-likeness (QED) is 0.800. The molecule has 1 aromatic carbocycles. The summed E-state index contributed by atoms with van der Waals surface area (Å²) in [5, 5.41) is 5.10. The Kier molecular flexibility index (Phi) is 5.96. The van der Waals surface area contributed by atoms with Gasteiger partial charge in [0.05, 0.1) is 0 Å². The van der Waals surface area contributed by atoms with E-state index in [-0.39, 0.29) is 0 Å². The van der Waals surface area contributed by atoms with Crippen LogP contribution in [0.5, 0.6) is 0 Å². The van der Waals surface area contributed by atoms with Crippen molar-refractivity contribution in [3.05, 3.63) is 33.8 Å². The first-order chi connectivity index (χ1) is 9.20. The van der Waals surface area contributed by atoms with Crippen LogP contribution in [0.2, 0.25) is 10.0 Å². The number of hydrogen-bond acceptors (Lipinski definition) is 2. The molecule has 0 amide bonds. The summed E-state index contributed by atoms with van der Waals surface area (Å²) in [5.74, 6) is 0. The highest BCUT2D eigenvalue weighted by molar-refractivity contribution is 6.33. The van der Waals surface area contributed by atoms with Gasteiger partial charge in [0.25, 0.3) is 0 Å². The number of rotatable bonds is 6. The van der Waals surface area contributed by atoms with Crippen LogP contribution in [0.15, 0.2) is 18.2 Å². The van der Waals surface area contributed by atoms with E-state index in [0.717, 1.165) is 41.8 Å². The normalized spacial score (nSPS) is 20.1. The Morgan fingerprint density at radius 2 is 2.21 bits per heavy atom. The molecule has 4 heteroatoms. The average Bonchev–Trinajstić information content (AvgIpc) is 2.82. The molecule has 0 aromatic heterocycles. The molecule has 1 aromatic rings. The van der Waals surface area contributed by atoms with Crippen LogP contribution in [0.1, 0.15) is 31.7 Å². The highest BCUT2D eigenvalue weighted by Crippen LogP contribution is 2.25. The molecule has 1 unspecified atom stereocenters. The highest BCUT2D eigenvalue weighted by atomic mass is 35.5. The molecule has 1 aliphatic rings. The van der Waals surface area contributed by atoms with E-state index in [0.29, 0.717) is 6.04 Å². The zero-order chi connectivity index (χ0) is 13.7. The van der Waals surface area contributed by atoms with Crippen molar-refractivity contribution < 1.29 is 0 Å². The monoisotopic (exact) mass is 300 g/mol. The van der Waals surface area contributed by atoms with E-state index in [9.17, 15) is 0 Å². The Hall–Kier alpha value is -0.280. The molecule has 0 aliphatic carbocycles. The molecular formula is C15H22Cl2N2. The third-order valence-corrected chi connectivity index (χ3v) is 4.29. The Labute approximate surface area is 126 Å². The van der Waals surface area contributed by atoms with Crippen molar-refractivity contribution in [3.63, 3.8) is 0 Å². The van der Waals surface area contributed by atoms with Gasteiger partial charge in [-0.25, -0.2) is 0 Å². The second-order valence-corrected chi connectivity index (χ2v) is 6.05. The third kappa shape index (κ3) is 4.35. The maximum Gasteiger partial charge on any atom is 0.0452 e. The highest BCUT2D eigenvalue weighted by Gasteiger charge is 2.24. The summed E-state index contributed by atoms with van der Waals surface area (Å²) in [6.07, 6.45) is 3.73. The van der Waals surface area contributed by atoms with Crippen LogP contribution < -0.4 is 5.32 Å². The van der Waals surface area contributed by atoms with Gasteiger partial charge in [0.2, 0.25) is 0 Å². The molecule has 0 bridgehead atoms. The molecule has 1 heterocycles. The molecule has 1 N–H and O–H groups in total. The van der Waals surface area contributed by atoms with Crippen molar-refractivity contribution in [1.82, 2.24) is 10.2 Å². The maximum absolute atomic E-state index is 6.25. The Balaban J connectivity index is 1.95. The first-order valence-electron chi connectivity index (χ1n) is 7.09. The van der Waals surface area contributed by atoms with Gasteiger partial charge in [-0.15, -0.1) is 0 Å². The molecule has 106 valence electrons. The summed E-state index contributed by atoms with van der Waals surface area (Å²) >= 11 is 12.3. The van der Waals surface area contributed by atoms with Crippen LogP contribution in [0, 0.1) is 0 Å². The van der Waals surface area contributed by atoms with E-state index in [1.165, 1.54) is 19.3 Å². The summed E-state index contributed by atoms with van der Waals surface area (Å²) in [6, 6.07) is 6.34. The van der Waals surface area contributed by atoms with Crippen LogP contribution in [-0.2, 0) is 6.54 Å². The van der Waals surface area contributed by atoms with Gasteiger partial charge in [-0.3, -0.25) is 4.90 Å². The summed E-state index contributed by atoms with van der Waals surface area (Å²) in [6.45, 7) is 6.43. The molecule has 2 rings (SSSR count). The van der Waals surface area contributed by atoms with Crippen LogP contribution in [0.25, 0.3) is 0 Å². The molecule has 1 fully saturated rings. The fourth-order valence-electron chi connectivity index (χ4n) is 2.66. The summed E-state index contributed by atoms with van der Waals surface area (Å²) in [7, 11) is 0. The van der Waals surface area contributed by atoms with Gasteiger partial charge in [0.1, 0.15) is 0 Å². The van der Waals surface area contributed by atoms with Crippen molar-refractivity contribution in [2.24, 2.45) is 0 Å². The average molecular weight is 301 g/mol. The maximum atomic E-state index is 6.25. The zero-order valence-corrected chi connectivity index (χ0v) is 13.0. The second-order valence-electron chi connectivity index (χ2n) is 5.21. The number of nitrogens with one attached hydrogen (secondary N) is 1. The second kappa shape index (κ2) is 7.49. The standard InChI is InChI=1S/C15H22Cl2N2/c1-2-7-18-10-14-4-3-8-19(14)11-12-9-13(16)5-6-15(12)17/h5-6,9,14,18H,2-4,7-8,10-11H2,1H3. The van der Waals surface area contributed by atoms with Crippen molar-refractivity contribution in [2.75, 3.05) is 19.6 Å². The molecule has 0 saturated carbocycles. The molecular weight excluding hydrogens is 279 g/mol.